The van der Waals surface area contributed by atoms with E-state index < -0.39 is 0 Å². The first-order chi connectivity index (χ1) is 9.81. The van der Waals surface area contributed by atoms with Crippen molar-refractivity contribution < 1.29 is 0 Å². The molecular formula is C20H27. The Balaban J connectivity index is 1.29. The highest BCUT2D eigenvalue weighted by atomic mass is 14.5. The van der Waals surface area contributed by atoms with Gasteiger partial charge in [-0.2, -0.15) is 0 Å². The molecule has 4 fully saturated rings. The monoisotopic (exact) mass is 267 g/mol. The van der Waals surface area contributed by atoms with Crippen LogP contribution in [0.4, 0.5) is 0 Å². The van der Waals surface area contributed by atoms with Crippen LogP contribution in [0.3, 0.4) is 0 Å². The van der Waals surface area contributed by atoms with Gasteiger partial charge in [-0.05, 0) is 92.9 Å². The van der Waals surface area contributed by atoms with Gasteiger partial charge in [-0.25, -0.2) is 0 Å². The number of rotatable bonds is 5. The summed E-state index contributed by atoms with van der Waals surface area (Å²) in [5.41, 5.74) is 2.18. The minimum absolute atomic E-state index is 0.672. The van der Waals surface area contributed by atoms with E-state index in [2.05, 4.69) is 36.8 Å². The summed E-state index contributed by atoms with van der Waals surface area (Å²) in [6.07, 6.45) is 16.0. The van der Waals surface area contributed by atoms with E-state index in [1.165, 1.54) is 44.1 Å². The zero-order valence-electron chi connectivity index (χ0n) is 12.6. The van der Waals surface area contributed by atoms with Crippen LogP contribution >= 0.6 is 0 Å². The van der Waals surface area contributed by atoms with E-state index in [-0.39, 0.29) is 0 Å². The molecule has 1 aromatic rings. The van der Waals surface area contributed by atoms with Gasteiger partial charge in [0.2, 0.25) is 0 Å². The molecule has 1 aromatic carbocycles. The topological polar surface area (TPSA) is 0 Å². The van der Waals surface area contributed by atoms with Gasteiger partial charge in [-0.15, -0.1) is 0 Å². The molecule has 1 radical (unpaired) electrons. The van der Waals surface area contributed by atoms with Crippen molar-refractivity contribution in [3.8, 4) is 0 Å². The van der Waals surface area contributed by atoms with Gasteiger partial charge in [0.05, 0.1) is 0 Å². The van der Waals surface area contributed by atoms with Crippen molar-refractivity contribution in [3.63, 3.8) is 0 Å². The molecule has 0 unspecified atom stereocenters. The highest BCUT2D eigenvalue weighted by Gasteiger charge is 2.50. The lowest BCUT2D eigenvalue weighted by Crippen LogP contribution is -2.46. The zero-order valence-corrected chi connectivity index (χ0v) is 12.6. The molecule has 0 amide bonds. The summed E-state index contributed by atoms with van der Waals surface area (Å²) in [5, 5.41) is 0. The molecule has 0 heteroatoms. The maximum Gasteiger partial charge on any atom is -0.0258 e. The van der Waals surface area contributed by atoms with E-state index in [4.69, 9.17) is 0 Å². The quantitative estimate of drug-likeness (QED) is 0.624. The first-order valence-electron chi connectivity index (χ1n) is 8.70. The van der Waals surface area contributed by atoms with Crippen molar-refractivity contribution in [1.82, 2.24) is 0 Å². The Hall–Kier alpha value is -0.780. The van der Waals surface area contributed by atoms with E-state index in [1.807, 2.05) is 0 Å². The molecular weight excluding hydrogens is 240 g/mol. The Kier molecular flexibility index (Phi) is 3.36. The second kappa shape index (κ2) is 5.20. The predicted molar refractivity (Wildman–Crippen MR) is 84.3 cm³/mol. The summed E-state index contributed by atoms with van der Waals surface area (Å²) in [6, 6.07) is 11.0. The first kappa shape index (κ1) is 12.9. The van der Waals surface area contributed by atoms with Crippen LogP contribution in [0.15, 0.2) is 30.3 Å². The van der Waals surface area contributed by atoms with Gasteiger partial charge < -0.3 is 0 Å². The number of unbranched alkanes of at least 4 members (excludes halogenated alkanes) is 1. The van der Waals surface area contributed by atoms with Crippen LogP contribution in [0, 0.1) is 29.6 Å². The summed E-state index contributed by atoms with van der Waals surface area (Å²) in [6.45, 7) is 0. The van der Waals surface area contributed by atoms with Crippen LogP contribution in [0.25, 0.3) is 0 Å². The van der Waals surface area contributed by atoms with E-state index in [9.17, 15) is 0 Å². The van der Waals surface area contributed by atoms with Gasteiger partial charge in [0, 0.05) is 0 Å². The van der Waals surface area contributed by atoms with Gasteiger partial charge >= 0.3 is 0 Å². The molecule has 107 valence electrons. The SMILES string of the molecule is [CH](CCCc1ccccc1)C12CC3CC(CC(C3)C1)C2. The normalized spacial score (nSPS) is 38.3. The van der Waals surface area contributed by atoms with E-state index >= 15 is 0 Å². The Morgan fingerprint density at radius 2 is 1.50 bits per heavy atom. The average molecular weight is 267 g/mol. The Labute approximate surface area is 124 Å². The maximum absolute atomic E-state index is 2.76. The molecule has 0 atom stereocenters. The van der Waals surface area contributed by atoms with Gasteiger partial charge in [0.15, 0.2) is 0 Å². The predicted octanol–water partition coefficient (Wildman–Crippen LogP) is 5.43. The van der Waals surface area contributed by atoms with Crippen molar-refractivity contribution in [2.75, 3.05) is 0 Å². The zero-order chi connectivity index (χ0) is 13.4. The van der Waals surface area contributed by atoms with E-state index in [0.717, 1.165) is 17.8 Å². The highest BCUT2D eigenvalue weighted by molar-refractivity contribution is 5.15. The van der Waals surface area contributed by atoms with Crippen LogP contribution in [0.2, 0.25) is 0 Å². The fourth-order valence-corrected chi connectivity index (χ4v) is 5.79. The average Bonchev–Trinajstić information content (AvgIpc) is 2.43. The Bertz CT molecular complexity index is 409. The minimum atomic E-state index is 0.672. The van der Waals surface area contributed by atoms with E-state index in [1.54, 1.807) is 19.3 Å². The van der Waals surface area contributed by atoms with Gasteiger partial charge in [0.1, 0.15) is 0 Å². The van der Waals surface area contributed by atoms with E-state index in [0.29, 0.717) is 5.41 Å². The molecule has 20 heavy (non-hydrogen) atoms. The molecule has 4 aliphatic rings. The van der Waals surface area contributed by atoms with Crippen LogP contribution in [-0.2, 0) is 6.42 Å². The highest BCUT2D eigenvalue weighted by Crippen LogP contribution is 2.61. The van der Waals surface area contributed by atoms with Crippen LogP contribution < -0.4 is 0 Å². The molecule has 0 spiro atoms. The van der Waals surface area contributed by atoms with Crippen molar-refractivity contribution in [2.24, 2.45) is 23.2 Å². The summed E-state index contributed by atoms with van der Waals surface area (Å²) >= 11 is 0. The number of hydrogen-bond donors (Lipinski definition) is 0. The smallest absolute Gasteiger partial charge is 0.0258 e. The fourth-order valence-electron chi connectivity index (χ4n) is 5.79. The second-order valence-electron chi connectivity index (χ2n) is 7.86. The Morgan fingerprint density at radius 1 is 0.900 bits per heavy atom. The molecule has 0 nitrogen and oxygen atoms in total. The number of benzene rings is 1. The molecule has 0 saturated heterocycles. The van der Waals surface area contributed by atoms with Gasteiger partial charge in [-0.3, -0.25) is 0 Å². The summed E-state index contributed by atoms with van der Waals surface area (Å²) in [5.74, 6) is 3.27. The summed E-state index contributed by atoms with van der Waals surface area (Å²) < 4.78 is 0. The summed E-state index contributed by atoms with van der Waals surface area (Å²) in [4.78, 5) is 0. The molecule has 4 bridgehead atoms. The largest absolute Gasteiger partial charge is 0.0622 e. The van der Waals surface area contributed by atoms with Crippen molar-refractivity contribution in [2.45, 2.75) is 57.8 Å². The lowest BCUT2D eigenvalue weighted by atomic mass is 9.48. The van der Waals surface area contributed by atoms with Crippen LogP contribution in [0.5, 0.6) is 0 Å². The first-order valence-corrected chi connectivity index (χ1v) is 8.70. The standard InChI is InChI=1S/C20H27/c1-2-6-16(7-3-1)8-4-5-9-20-13-17-10-18(14-20)12-19(11-17)15-20/h1-3,6-7,9,17-19H,4-5,8,10-15H2. The maximum atomic E-state index is 2.76. The van der Waals surface area contributed by atoms with Crippen molar-refractivity contribution in [3.05, 3.63) is 42.3 Å². The Morgan fingerprint density at radius 3 is 2.10 bits per heavy atom. The molecule has 0 aliphatic heterocycles. The van der Waals surface area contributed by atoms with Gasteiger partial charge in [-0.1, -0.05) is 30.3 Å². The summed E-state index contributed by atoms with van der Waals surface area (Å²) in [7, 11) is 0. The van der Waals surface area contributed by atoms with Gasteiger partial charge in [0.25, 0.3) is 0 Å². The number of aryl methyl sites for hydroxylation is 1. The molecule has 0 heterocycles. The molecule has 0 aromatic heterocycles. The van der Waals surface area contributed by atoms with Crippen LogP contribution in [0.1, 0.15) is 56.9 Å². The third-order valence-electron chi connectivity index (χ3n) is 6.18. The lowest BCUT2D eigenvalue weighted by Gasteiger charge is -2.57. The molecule has 4 saturated carbocycles. The molecule has 0 N–H and O–H groups in total. The molecule has 4 aliphatic carbocycles. The third kappa shape index (κ3) is 2.54. The molecule has 5 rings (SSSR count). The van der Waals surface area contributed by atoms with Crippen molar-refractivity contribution in [1.29, 1.82) is 0 Å². The number of hydrogen-bond acceptors (Lipinski definition) is 0. The third-order valence-corrected chi connectivity index (χ3v) is 6.18. The van der Waals surface area contributed by atoms with Crippen molar-refractivity contribution >= 4 is 0 Å². The van der Waals surface area contributed by atoms with Crippen LogP contribution in [-0.4, -0.2) is 0 Å². The lowest BCUT2D eigenvalue weighted by molar-refractivity contribution is -0.0347. The minimum Gasteiger partial charge on any atom is -0.0622 e. The fraction of sp³-hybridized carbons (Fsp3) is 0.650. The second-order valence-corrected chi connectivity index (χ2v) is 7.86.